The van der Waals surface area contributed by atoms with Crippen LogP contribution in [-0.2, 0) is 11.2 Å². The van der Waals surface area contributed by atoms with Gasteiger partial charge in [-0.05, 0) is 32.1 Å². The number of carboxylic acid groups (broad SMARTS) is 1. The van der Waals surface area contributed by atoms with Gasteiger partial charge in [0.15, 0.2) is 0 Å². The number of hydrogen-bond donors (Lipinski definition) is 2. The minimum absolute atomic E-state index is 0.391. The second-order valence-corrected chi connectivity index (χ2v) is 6.31. The molecule has 1 aromatic heterocycles. The lowest BCUT2D eigenvalue weighted by molar-refractivity contribution is -0.139. The van der Waals surface area contributed by atoms with Crippen LogP contribution < -0.4 is 0 Å². The molecule has 1 fully saturated rings. The summed E-state index contributed by atoms with van der Waals surface area (Å²) < 4.78 is 0. The number of rotatable bonds is 2. The lowest BCUT2D eigenvalue weighted by Crippen LogP contribution is -2.17. The number of H-pyrrole nitrogens is 1. The van der Waals surface area contributed by atoms with Crippen LogP contribution in [0.4, 0.5) is 0 Å². The first-order valence-corrected chi connectivity index (χ1v) is 8.07. The molecular weight excluding hydrogens is 252 g/mol. The smallest absolute Gasteiger partial charge is 0.312 e. The zero-order chi connectivity index (χ0) is 13.9. The Morgan fingerprint density at radius 3 is 2.45 bits per heavy atom. The summed E-state index contributed by atoms with van der Waals surface area (Å²) in [6.45, 7) is 0. The van der Waals surface area contributed by atoms with Crippen molar-refractivity contribution in [1.82, 2.24) is 9.97 Å². The third-order valence-corrected chi connectivity index (χ3v) is 4.87. The van der Waals surface area contributed by atoms with E-state index in [0.717, 1.165) is 36.5 Å². The summed E-state index contributed by atoms with van der Waals surface area (Å²) in [5, 5.41) is 9.33. The van der Waals surface area contributed by atoms with Crippen molar-refractivity contribution in [2.45, 2.75) is 76.0 Å². The van der Waals surface area contributed by atoms with E-state index in [0.29, 0.717) is 5.92 Å². The van der Waals surface area contributed by atoms with Gasteiger partial charge < -0.3 is 10.1 Å². The normalized spacial score (nSPS) is 24.7. The molecule has 2 aliphatic carbocycles. The molecule has 0 radical (unpaired) electrons. The number of carbonyl (C=O) groups is 1. The Balaban J connectivity index is 1.82. The lowest BCUT2D eigenvalue weighted by atomic mass is 9.90. The number of nitrogens with zero attached hydrogens (tertiary/aromatic N) is 1. The number of aromatic amines is 1. The van der Waals surface area contributed by atoms with Gasteiger partial charge >= 0.3 is 5.97 Å². The van der Waals surface area contributed by atoms with E-state index in [1.54, 1.807) is 0 Å². The maximum Gasteiger partial charge on any atom is 0.312 e. The molecular formula is C16H24N2O2. The van der Waals surface area contributed by atoms with E-state index < -0.39 is 11.9 Å². The number of aliphatic carboxylic acids is 1. The Hall–Kier alpha value is -1.32. The predicted octanol–water partition coefficient (Wildman–Crippen LogP) is 3.74. The van der Waals surface area contributed by atoms with Crippen molar-refractivity contribution in [3.8, 4) is 0 Å². The highest BCUT2D eigenvalue weighted by molar-refractivity contribution is 5.76. The second-order valence-electron chi connectivity index (χ2n) is 6.31. The van der Waals surface area contributed by atoms with Crippen LogP contribution in [0.1, 0.15) is 86.8 Å². The van der Waals surface area contributed by atoms with E-state index in [2.05, 4.69) is 4.98 Å². The zero-order valence-corrected chi connectivity index (χ0v) is 12.0. The van der Waals surface area contributed by atoms with E-state index >= 15 is 0 Å². The quantitative estimate of drug-likeness (QED) is 0.864. The third kappa shape index (κ3) is 2.74. The second kappa shape index (κ2) is 5.98. The Bertz CT molecular complexity index is 473. The Kier molecular flexibility index (Phi) is 4.08. The van der Waals surface area contributed by atoms with E-state index in [1.807, 2.05) is 0 Å². The largest absolute Gasteiger partial charge is 0.481 e. The molecule has 4 heteroatoms. The van der Waals surface area contributed by atoms with Crippen molar-refractivity contribution in [3.05, 3.63) is 17.2 Å². The number of nitrogens with one attached hydrogen (secondary N) is 1. The molecule has 2 aliphatic rings. The number of carboxylic acids is 1. The van der Waals surface area contributed by atoms with Crippen LogP contribution in [0.15, 0.2) is 0 Å². The van der Waals surface area contributed by atoms with Gasteiger partial charge in [-0.2, -0.15) is 0 Å². The van der Waals surface area contributed by atoms with Crippen LogP contribution in [0.25, 0.3) is 0 Å². The van der Waals surface area contributed by atoms with Crippen molar-refractivity contribution < 1.29 is 9.90 Å². The summed E-state index contributed by atoms with van der Waals surface area (Å²) in [5.41, 5.74) is 1.90. The molecule has 1 aromatic rings. The molecule has 0 bridgehead atoms. The highest BCUT2D eigenvalue weighted by Gasteiger charge is 2.31. The van der Waals surface area contributed by atoms with Crippen LogP contribution in [0.5, 0.6) is 0 Å². The van der Waals surface area contributed by atoms with Crippen molar-refractivity contribution in [3.63, 3.8) is 0 Å². The van der Waals surface area contributed by atoms with Gasteiger partial charge in [-0.1, -0.05) is 32.1 Å². The van der Waals surface area contributed by atoms with E-state index in [-0.39, 0.29) is 0 Å². The van der Waals surface area contributed by atoms with Crippen molar-refractivity contribution in [2.75, 3.05) is 0 Å². The standard InChI is InChI=1S/C16H24N2O2/c19-16(20)12-9-6-10-13-14(12)18-15(17-13)11-7-4-2-1-3-5-8-11/h11-12H,1-10H2,(H,17,18)(H,19,20). The SMILES string of the molecule is O=C(O)C1CCCc2[nH]c(C3CCCCCCC3)nc21. The molecule has 4 nitrogen and oxygen atoms in total. The van der Waals surface area contributed by atoms with Crippen LogP contribution in [-0.4, -0.2) is 21.0 Å². The molecule has 1 saturated carbocycles. The fraction of sp³-hybridized carbons (Fsp3) is 0.750. The van der Waals surface area contributed by atoms with Gasteiger partial charge in [0, 0.05) is 11.6 Å². The average Bonchev–Trinajstić information content (AvgIpc) is 2.81. The highest BCUT2D eigenvalue weighted by Crippen LogP contribution is 2.35. The highest BCUT2D eigenvalue weighted by atomic mass is 16.4. The summed E-state index contributed by atoms with van der Waals surface area (Å²) in [5.74, 6) is 0.458. The van der Waals surface area contributed by atoms with Crippen molar-refractivity contribution in [1.29, 1.82) is 0 Å². The van der Waals surface area contributed by atoms with Gasteiger partial charge in [-0.15, -0.1) is 0 Å². The monoisotopic (exact) mass is 276 g/mol. The van der Waals surface area contributed by atoms with Crippen molar-refractivity contribution in [2.24, 2.45) is 0 Å². The van der Waals surface area contributed by atoms with Gasteiger partial charge in [0.1, 0.15) is 11.7 Å². The molecule has 0 aliphatic heterocycles. The molecule has 110 valence electrons. The molecule has 1 heterocycles. The summed E-state index contributed by atoms with van der Waals surface area (Å²) in [4.78, 5) is 19.5. The predicted molar refractivity (Wildman–Crippen MR) is 77.0 cm³/mol. The van der Waals surface area contributed by atoms with Gasteiger partial charge in [0.25, 0.3) is 0 Å². The number of aromatic nitrogens is 2. The van der Waals surface area contributed by atoms with Crippen LogP contribution >= 0.6 is 0 Å². The summed E-state index contributed by atoms with van der Waals surface area (Å²) >= 11 is 0. The van der Waals surface area contributed by atoms with E-state index in [1.165, 1.54) is 44.9 Å². The Labute approximate surface area is 120 Å². The maximum absolute atomic E-state index is 11.3. The minimum Gasteiger partial charge on any atom is -0.481 e. The molecule has 1 unspecified atom stereocenters. The molecule has 3 rings (SSSR count). The molecule has 0 saturated heterocycles. The fourth-order valence-electron chi connectivity index (χ4n) is 3.71. The topological polar surface area (TPSA) is 66.0 Å². The summed E-state index contributed by atoms with van der Waals surface area (Å²) in [6, 6.07) is 0. The van der Waals surface area contributed by atoms with Gasteiger partial charge in [-0.3, -0.25) is 4.79 Å². The summed E-state index contributed by atoms with van der Waals surface area (Å²) in [6.07, 6.45) is 11.6. The molecule has 2 N–H and O–H groups in total. The van der Waals surface area contributed by atoms with E-state index in [9.17, 15) is 9.90 Å². The van der Waals surface area contributed by atoms with Gasteiger partial charge in [0.2, 0.25) is 0 Å². The van der Waals surface area contributed by atoms with E-state index in [4.69, 9.17) is 4.98 Å². The van der Waals surface area contributed by atoms with Crippen LogP contribution in [0.2, 0.25) is 0 Å². The maximum atomic E-state index is 11.3. The molecule has 0 aromatic carbocycles. The molecule has 0 spiro atoms. The molecule has 20 heavy (non-hydrogen) atoms. The average molecular weight is 276 g/mol. The number of imidazole rings is 1. The Morgan fingerprint density at radius 2 is 1.75 bits per heavy atom. The molecule has 0 amide bonds. The minimum atomic E-state index is -0.721. The summed E-state index contributed by atoms with van der Waals surface area (Å²) in [7, 11) is 0. The number of aryl methyl sites for hydroxylation is 1. The van der Waals surface area contributed by atoms with Crippen molar-refractivity contribution >= 4 is 5.97 Å². The first-order valence-electron chi connectivity index (χ1n) is 8.07. The fourth-order valence-corrected chi connectivity index (χ4v) is 3.71. The first-order chi connectivity index (χ1) is 9.75. The van der Waals surface area contributed by atoms with Gasteiger partial charge in [0.05, 0.1) is 5.69 Å². The lowest BCUT2D eigenvalue weighted by Gasteiger charge is -2.17. The Morgan fingerprint density at radius 1 is 1.05 bits per heavy atom. The van der Waals surface area contributed by atoms with Gasteiger partial charge in [-0.25, -0.2) is 4.98 Å². The van der Waals surface area contributed by atoms with Crippen LogP contribution in [0, 0.1) is 0 Å². The molecule has 1 atom stereocenters. The zero-order valence-electron chi connectivity index (χ0n) is 12.0. The third-order valence-electron chi connectivity index (χ3n) is 4.87. The van der Waals surface area contributed by atoms with Crippen LogP contribution in [0.3, 0.4) is 0 Å². The number of fused-ring (bicyclic) bond motifs is 1. The number of hydrogen-bond acceptors (Lipinski definition) is 2. The first kappa shape index (κ1) is 13.7.